The molecule has 0 heterocycles. The maximum absolute atomic E-state index is 5.21. The van der Waals surface area contributed by atoms with E-state index in [1.54, 1.807) is 19.3 Å². The van der Waals surface area contributed by atoms with Crippen molar-refractivity contribution >= 4 is 25.3 Å². The van der Waals surface area contributed by atoms with Crippen LogP contribution in [0.5, 0.6) is 0 Å². The van der Waals surface area contributed by atoms with E-state index in [9.17, 15) is 0 Å². The predicted molar refractivity (Wildman–Crippen MR) is 129 cm³/mol. The molecule has 4 saturated carbocycles. The molecule has 10 unspecified atom stereocenters. The topological polar surface area (TPSA) is 0 Å². The molecular weight excluding hydrogens is 376 g/mol. The minimum atomic E-state index is 0.531. The van der Waals surface area contributed by atoms with Crippen LogP contribution in [-0.2, 0) is 0 Å². The molecule has 0 radical (unpaired) electrons. The molecule has 0 aliphatic heterocycles. The quantitative estimate of drug-likeness (QED) is 0.397. The molecule has 4 aliphatic carbocycles. The lowest BCUT2D eigenvalue weighted by Gasteiger charge is -2.58. The zero-order valence-corrected chi connectivity index (χ0v) is 20.6. The Morgan fingerprint density at radius 3 is 2.36 bits per heavy atom. The van der Waals surface area contributed by atoms with Crippen LogP contribution in [0.1, 0.15) is 104 Å². The van der Waals surface area contributed by atoms with Crippen molar-refractivity contribution in [2.24, 2.45) is 46.8 Å². The molecule has 0 nitrogen and oxygen atoms in total. The third-order valence-corrected chi connectivity index (χ3v) is 11.6. The average Bonchev–Trinajstić information content (AvgIpc) is 3.12. The molecule has 162 valence electrons. The Bertz CT molecular complexity index is 517. The molecule has 0 N–H and O–H groups in total. The van der Waals surface area contributed by atoms with Crippen molar-refractivity contribution in [1.29, 1.82) is 0 Å². The van der Waals surface area contributed by atoms with E-state index in [1.807, 2.05) is 0 Å². The normalized spacial score (nSPS) is 46.2. The van der Waals surface area contributed by atoms with Gasteiger partial charge in [0, 0.05) is 10.5 Å². The van der Waals surface area contributed by atoms with Gasteiger partial charge in [-0.15, -0.1) is 0 Å². The summed E-state index contributed by atoms with van der Waals surface area (Å²) in [6, 6.07) is 0. The van der Waals surface area contributed by atoms with Gasteiger partial charge in [0.05, 0.1) is 0 Å². The molecule has 2 heteroatoms. The smallest absolute Gasteiger partial charge is 0.00479 e. The van der Waals surface area contributed by atoms with Crippen LogP contribution >= 0.6 is 25.3 Å². The van der Waals surface area contributed by atoms with Crippen LogP contribution in [0.3, 0.4) is 0 Å². The summed E-state index contributed by atoms with van der Waals surface area (Å²) in [5, 5.41) is 1.16. The van der Waals surface area contributed by atoms with Crippen molar-refractivity contribution in [3.63, 3.8) is 0 Å². The Kier molecular flexibility index (Phi) is 7.09. The van der Waals surface area contributed by atoms with Crippen LogP contribution in [0.15, 0.2) is 0 Å². The summed E-state index contributed by atoms with van der Waals surface area (Å²) in [5.41, 5.74) is 0.696. The van der Waals surface area contributed by atoms with Crippen molar-refractivity contribution in [1.82, 2.24) is 0 Å². The first kappa shape index (κ1) is 21.9. The van der Waals surface area contributed by atoms with E-state index in [0.717, 1.165) is 41.4 Å². The van der Waals surface area contributed by atoms with Gasteiger partial charge < -0.3 is 0 Å². The van der Waals surface area contributed by atoms with Crippen molar-refractivity contribution < 1.29 is 0 Å². The second-order valence-corrected chi connectivity index (χ2v) is 13.0. The van der Waals surface area contributed by atoms with Gasteiger partial charge in [0.15, 0.2) is 0 Å². The lowest BCUT2D eigenvalue weighted by Crippen LogP contribution is -2.50. The first-order valence-corrected chi connectivity index (χ1v) is 13.8. The number of thiol groups is 2. The van der Waals surface area contributed by atoms with Gasteiger partial charge in [0.2, 0.25) is 0 Å². The Morgan fingerprint density at radius 1 is 0.857 bits per heavy atom. The van der Waals surface area contributed by atoms with Gasteiger partial charge >= 0.3 is 0 Å². The third-order valence-electron chi connectivity index (χ3n) is 10.5. The molecule has 0 aromatic rings. The molecule has 0 amide bonds. The number of hydrogen-bond donors (Lipinski definition) is 2. The molecule has 0 aromatic heterocycles. The van der Waals surface area contributed by atoms with Crippen LogP contribution in [0, 0.1) is 46.8 Å². The minimum absolute atomic E-state index is 0.531. The summed E-state index contributed by atoms with van der Waals surface area (Å²) in [6.45, 7) is 7.32. The molecule has 0 saturated heterocycles. The summed E-state index contributed by atoms with van der Waals surface area (Å²) in [5.74, 6) is 6.89. The molecule has 4 fully saturated rings. The fourth-order valence-corrected chi connectivity index (χ4v) is 9.74. The molecule has 10 atom stereocenters. The van der Waals surface area contributed by atoms with E-state index in [1.165, 1.54) is 64.2 Å². The molecule has 0 aromatic carbocycles. The van der Waals surface area contributed by atoms with Gasteiger partial charge in [-0.25, -0.2) is 0 Å². The van der Waals surface area contributed by atoms with Crippen molar-refractivity contribution in [2.45, 2.75) is 115 Å². The van der Waals surface area contributed by atoms with Gasteiger partial charge in [0.1, 0.15) is 0 Å². The highest BCUT2D eigenvalue weighted by atomic mass is 32.1. The van der Waals surface area contributed by atoms with E-state index in [0.29, 0.717) is 15.9 Å². The van der Waals surface area contributed by atoms with Crippen LogP contribution in [-0.4, -0.2) is 10.5 Å². The molecule has 0 bridgehead atoms. The summed E-state index contributed by atoms with van der Waals surface area (Å²) < 4.78 is 0. The highest BCUT2D eigenvalue weighted by Crippen LogP contribution is 2.64. The van der Waals surface area contributed by atoms with Gasteiger partial charge in [-0.2, -0.15) is 25.3 Å². The Balaban J connectivity index is 1.39. The minimum Gasteiger partial charge on any atom is -0.176 e. The molecule has 4 aliphatic rings. The molecule has 0 spiro atoms. The fraction of sp³-hybridized carbons (Fsp3) is 1.00. The Morgan fingerprint density at radius 2 is 1.61 bits per heavy atom. The standard InChI is InChI=1S/C26H46S2/c1-4-18(17(2)27)8-15-25(28)23-12-11-20-21(23)13-14-24-22(20)10-9-19-7-5-6-16-26(19,24)3/h17-25,27-28H,4-16H2,1-3H3. The molecule has 28 heavy (non-hydrogen) atoms. The number of hydrogen-bond acceptors (Lipinski definition) is 2. The monoisotopic (exact) mass is 422 g/mol. The zero-order chi connectivity index (χ0) is 19.9. The highest BCUT2D eigenvalue weighted by Gasteiger charge is 2.55. The SMILES string of the molecule is CCC(CCC(S)C1CCC2C1CCC1C2CCC2CCCCC21C)C(C)S. The molecule has 4 rings (SSSR count). The maximum atomic E-state index is 5.21. The van der Waals surface area contributed by atoms with Crippen molar-refractivity contribution in [3.05, 3.63) is 0 Å². The summed E-state index contributed by atoms with van der Waals surface area (Å²) in [6.07, 6.45) is 19.2. The van der Waals surface area contributed by atoms with Gasteiger partial charge in [0.25, 0.3) is 0 Å². The Hall–Kier alpha value is 0.700. The predicted octanol–water partition coefficient (Wildman–Crippen LogP) is 8.07. The number of rotatable bonds is 6. The molecular formula is C26H46S2. The second-order valence-electron chi connectivity index (χ2n) is 11.5. The summed E-state index contributed by atoms with van der Waals surface area (Å²) in [4.78, 5) is 0. The average molecular weight is 423 g/mol. The van der Waals surface area contributed by atoms with Gasteiger partial charge in [-0.05, 0) is 111 Å². The highest BCUT2D eigenvalue weighted by molar-refractivity contribution is 7.81. The van der Waals surface area contributed by atoms with Crippen LogP contribution in [0.25, 0.3) is 0 Å². The van der Waals surface area contributed by atoms with Crippen molar-refractivity contribution in [2.75, 3.05) is 0 Å². The first-order chi connectivity index (χ1) is 13.5. The lowest BCUT2D eigenvalue weighted by molar-refractivity contribution is -0.0869. The fourth-order valence-electron chi connectivity index (χ4n) is 8.86. The third kappa shape index (κ3) is 3.96. The van der Waals surface area contributed by atoms with E-state index < -0.39 is 0 Å². The first-order valence-electron chi connectivity index (χ1n) is 12.8. The maximum Gasteiger partial charge on any atom is 0.00479 e. The summed E-state index contributed by atoms with van der Waals surface area (Å²) >= 11 is 9.94. The lowest BCUT2D eigenvalue weighted by atomic mass is 9.47. The second kappa shape index (κ2) is 9.05. The number of fused-ring (bicyclic) bond motifs is 5. The van der Waals surface area contributed by atoms with Crippen molar-refractivity contribution in [3.8, 4) is 0 Å². The van der Waals surface area contributed by atoms with E-state index in [2.05, 4.69) is 20.8 Å². The Labute approximate surface area is 186 Å². The van der Waals surface area contributed by atoms with Gasteiger partial charge in [-0.1, -0.05) is 40.0 Å². The van der Waals surface area contributed by atoms with E-state index >= 15 is 0 Å². The van der Waals surface area contributed by atoms with Gasteiger partial charge in [-0.3, -0.25) is 0 Å². The van der Waals surface area contributed by atoms with Crippen LogP contribution in [0.4, 0.5) is 0 Å². The largest absolute Gasteiger partial charge is 0.176 e. The van der Waals surface area contributed by atoms with E-state index in [4.69, 9.17) is 25.3 Å². The van der Waals surface area contributed by atoms with Crippen LogP contribution < -0.4 is 0 Å². The van der Waals surface area contributed by atoms with E-state index in [-0.39, 0.29) is 0 Å². The summed E-state index contributed by atoms with van der Waals surface area (Å²) in [7, 11) is 0. The zero-order valence-electron chi connectivity index (χ0n) is 18.8. The van der Waals surface area contributed by atoms with Crippen LogP contribution in [0.2, 0.25) is 0 Å².